The highest BCUT2D eigenvalue weighted by atomic mass is 19.2. The molecule has 2 aromatic rings. The molecule has 4 N–H and O–H groups in total. The summed E-state index contributed by atoms with van der Waals surface area (Å²) in [5.74, 6) is -3.26. The zero-order valence-electron chi connectivity index (χ0n) is 13.3. The van der Waals surface area contributed by atoms with Gasteiger partial charge in [0.1, 0.15) is 11.5 Å². The van der Waals surface area contributed by atoms with E-state index in [-0.39, 0.29) is 36.7 Å². The minimum atomic E-state index is -1.26. The second-order valence-corrected chi connectivity index (χ2v) is 5.99. The number of anilines is 1. The lowest BCUT2D eigenvalue weighted by atomic mass is 10.0. The zero-order valence-corrected chi connectivity index (χ0v) is 13.3. The van der Waals surface area contributed by atoms with Gasteiger partial charge in [0.15, 0.2) is 17.5 Å². The SMILES string of the molecule is Nc1nnn2c1CN(C(=O)C[C@H](N)Cc1cc(F)c(F)cc1F)CC2. The number of hydrogen-bond acceptors (Lipinski definition) is 5. The van der Waals surface area contributed by atoms with Crippen molar-refractivity contribution in [3.63, 3.8) is 0 Å². The third kappa shape index (κ3) is 3.58. The lowest BCUT2D eigenvalue weighted by molar-refractivity contribution is -0.133. The first-order valence-corrected chi connectivity index (χ1v) is 7.69. The minimum Gasteiger partial charge on any atom is -0.381 e. The van der Waals surface area contributed by atoms with E-state index in [2.05, 4.69) is 10.3 Å². The minimum absolute atomic E-state index is 0.0556. The van der Waals surface area contributed by atoms with E-state index in [9.17, 15) is 18.0 Å². The fraction of sp³-hybridized carbons (Fsp3) is 0.400. The van der Waals surface area contributed by atoms with Crippen molar-refractivity contribution >= 4 is 11.7 Å². The monoisotopic (exact) mass is 354 g/mol. The van der Waals surface area contributed by atoms with Crippen molar-refractivity contribution in [1.29, 1.82) is 0 Å². The van der Waals surface area contributed by atoms with Gasteiger partial charge in [0.05, 0.1) is 13.1 Å². The van der Waals surface area contributed by atoms with E-state index in [0.29, 0.717) is 24.8 Å². The molecule has 7 nitrogen and oxygen atoms in total. The van der Waals surface area contributed by atoms with Crippen molar-refractivity contribution in [3.8, 4) is 0 Å². The Morgan fingerprint density at radius 3 is 2.68 bits per heavy atom. The van der Waals surface area contributed by atoms with Gasteiger partial charge in [-0.1, -0.05) is 5.21 Å². The van der Waals surface area contributed by atoms with E-state index in [0.717, 1.165) is 6.07 Å². The van der Waals surface area contributed by atoms with E-state index < -0.39 is 23.5 Å². The number of amides is 1. The predicted octanol–water partition coefficient (Wildman–Crippen LogP) is 0.580. The quantitative estimate of drug-likeness (QED) is 0.782. The van der Waals surface area contributed by atoms with E-state index in [1.54, 1.807) is 9.58 Å². The van der Waals surface area contributed by atoms with Crippen LogP contribution >= 0.6 is 0 Å². The summed E-state index contributed by atoms with van der Waals surface area (Å²) in [7, 11) is 0. The first kappa shape index (κ1) is 17.2. The Labute approximate surface area is 141 Å². The molecular weight excluding hydrogens is 337 g/mol. The Morgan fingerprint density at radius 1 is 1.20 bits per heavy atom. The number of aromatic nitrogens is 3. The molecule has 10 heteroatoms. The molecule has 1 aromatic heterocycles. The molecule has 0 fully saturated rings. The van der Waals surface area contributed by atoms with Crippen LogP contribution in [0.4, 0.5) is 19.0 Å². The molecule has 134 valence electrons. The molecule has 1 aromatic carbocycles. The summed E-state index contributed by atoms with van der Waals surface area (Å²) in [6.07, 6.45) is -0.135. The molecule has 0 saturated carbocycles. The van der Waals surface area contributed by atoms with Crippen LogP contribution < -0.4 is 11.5 Å². The molecule has 1 aliphatic heterocycles. The number of fused-ring (bicyclic) bond motifs is 1. The average molecular weight is 354 g/mol. The number of carbonyl (C=O) groups excluding carboxylic acids is 1. The summed E-state index contributed by atoms with van der Waals surface area (Å²) < 4.78 is 41.5. The van der Waals surface area contributed by atoms with E-state index in [1.807, 2.05) is 0 Å². The Balaban J connectivity index is 1.62. The fourth-order valence-corrected chi connectivity index (χ4v) is 2.80. The average Bonchev–Trinajstić information content (AvgIpc) is 2.93. The molecular formula is C15H17F3N6O. The van der Waals surface area contributed by atoms with Crippen molar-refractivity contribution in [1.82, 2.24) is 19.9 Å². The van der Waals surface area contributed by atoms with Crippen LogP contribution in [-0.2, 0) is 24.3 Å². The topological polar surface area (TPSA) is 103 Å². The number of hydrogen-bond donors (Lipinski definition) is 2. The van der Waals surface area contributed by atoms with E-state index in [4.69, 9.17) is 11.5 Å². The summed E-state index contributed by atoms with van der Waals surface area (Å²) in [5, 5.41) is 7.62. The number of nitrogen functional groups attached to an aromatic ring is 1. The number of nitrogens with zero attached hydrogens (tertiary/aromatic N) is 4. The van der Waals surface area contributed by atoms with Crippen LogP contribution in [0.3, 0.4) is 0 Å². The highest BCUT2D eigenvalue weighted by Crippen LogP contribution is 2.19. The van der Waals surface area contributed by atoms with Gasteiger partial charge in [0.2, 0.25) is 5.91 Å². The van der Waals surface area contributed by atoms with Crippen LogP contribution in [0.15, 0.2) is 12.1 Å². The van der Waals surface area contributed by atoms with Crippen molar-refractivity contribution in [2.75, 3.05) is 12.3 Å². The van der Waals surface area contributed by atoms with Gasteiger partial charge in [0, 0.05) is 25.1 Å². The molecule has 1 atom stereocenters. The second-order valence-electron chi connectivity index (χ2n) is 5.99. The van der Waals surface area contributed by atoms with Gasteiger partial charge >= 0.3 is 0 Å². The van der Waals surface area contributed by atoms with E-state index >= 15 is 0 Å². The van der Waals surface area contributed by atoms with Crippen molar-refractivity contribution < 1.29 is 18.0 Å². The molecule has 1 aliphatic rings. The highest BCUT2D eigenvalue weighted by molar-refractivity contribution is 5.77. The maximum absolute atomic E-state index is 13.7. The molecule has 0 spiro atoms. The van der Waals surface area contributed by atoms with Crippen molar-refractivity contribution in [3.05, 3.63) is 40.8 Å². The maximum atomic E-state index is 13.7. The standard InChI is InChI=1S/C15H17F3N6O/c16-10-6-12(18)11(17)4-8(10)3-9(19)5-14(25)23-1-2-24-13(7-23)15(20)21-22-24/h4,6,9H,1-3,5,7,19-20H2/t9-/m1/s1. The largest absolute Gasteiger partial charge is 0.381 e. The molecule has 0 bridgehead atoms. The first-order valence-electron chi connectivity index (χ1n) is 7.69. The number of halogens is 3. The first-order chi connectivity index (χ1) is 11.8. The van der Waals surface area contributed by atoms with Crippen LogP contribution in [-0.4, -0.2) is 38.4 Å². The molecule has 2 heterocycles. The Morgan fingerprint density at radius 2 is 1.92 bits per heavy atom. The molecule has 0 saturated heterocycles. The van der Waals surface area contributed by atoms with Gasteiger partial charge in [0.25, 0.3) is 0 Å². The van der Waals surface area contributed by atoms with Gasteiger partial charge in [-0.25, -0.2) is 17.9 Å². The lowest BCUT2D eigenvalue weighted by Crippen LogP contribution is -2.41. The molecule has 0 aliphatic carbocycles. The lowest BCUT2D eigenvalue weighted by Gasteiger charge is -2.28. The van der Waals surface area contributed by atoms with Crippen LogP contribution in [0.2, 0.25) is 0 Å². The molecule has 25 heavy (non-hydrogen) atoms. The number of benzene rings is 1. The second kappa shape index (κ2) is 6.71. The van der Waals surface area contributed by atoms with Gasteiger partial charge in [-0.2, -0.15) is 0 Å². The Hall–Kier alpha value is -2.62. The van der Waals surface area contributed by atoms with Crippen LogP contribution in [0.5, 0.6) is 0 Å². The van der Waals surface area contributed by atoms with Crippen LogP contribution in [0.25, 0.3) is 0 Å². The zero-order chi connectivity index (χ0) is 18.1. The van der Waals surface area contributed by atoms with Crippen LogP contribution in [0.1, 0.15) is 17.7 Å². The van der Waals surface area contributed by atoms with Gasteiger partial charge < -0.3 is 16.4 Å². The normalized spacial score (nSPS) is 15.1. The summed E-state index contributed by atoms with van der Waals surface area (Å²) in [6, 6.07) is 0.510. The van der Waals surface area contributed by atoms with Gasteiger partial charge in [-0.15, -0.1) is 5.10 Å². The molecule has 1 amide bonds. The van der Waals surface area contributed by atoms with Gasteiger partial charge in [-0.05, 0) is 18.1 Å². The fourth-order valence-electron chi connectivity index (χ4n) is 2.80. The maximum Gasteiger partial charge on any atom is 0.224 e. The number of carbonyl (C=O) groups is 1. The summed E-state index contributed by atoms with van der Waals surface area (Å²) in [6.45, 7) is 1.17. The summed E-state index contributed by atoms with van der Waals surface area (Å²) in [4.78, 5) is 13.9. The smallest absolute Gasteiger partial charge is 0.224 e. The predicted molar refractivity (Wildman–Crippen MR) is 82.5 cm³/mol. The summed E-state index contributed by atoms with van der Waals surface area (Å²) >= 11 is 0. The van der Waals surface area contributed by atoms with Crippen molar-refractivity contribution in [2.24, 2.45) is 5.73 Å². The Kier molecular flexibility index (Phi) is 4.62. The Bertz CT molecular complexity index is 809. The molecule has 0 radical (unpaired) electrons. The molecule has 3 rings (SSSR count). The van der Waals surface area contributed by atoms with E-state index in [1.165, 1.54) is 0 Å². The number of rotatable bonds is 4. The highest BCUT2D eigenvalue weighted by Gasteiger charge is 2.25. The van der Waals surface area contributed by atoms with Crippen LogP contribution in [0, 0.1) is 17.5 Å². The third-order valence-electron chi connectivity index (χ3n) is 4.15. The van der Waals surface area contributed by atoms with Crippen molar-refractivity contribution in [2.45, 2.75) is 32.0 Å². The van der Waals surface area contributed by atoms with Gasteiger partial charge in [-0.3, -0.25) is 4.79 Å². The summed E-state index contributed by atoms with van der Waals surface area (Å²) in [5.41, 5.74) is 12.2. The molecule has 0 unspecified atom stereocenters. The number of nitrogens with two attached hydrogens (primary N) is 2. The third-order valence-corrected chi connectivity index (χ3v) is 4.15.